The number of rotatable bonds is 7. The molecule has 11 heteroatoms. The Hall–Kier alpha value is -1.98. The second-order valence-electron chi connectivity index (χ2n) is 8.62. The number of hydrogen-bond acceptors (Lipinski definition) is 7. The van der Waals surface area contributed by atoms with E-state index in [4.69, 9.17) is 4.74 Å². The highest BCUT2D eigenvalue weighted by molar-refractivity contribution is 7.91. The summed E-state index contributed by atoms with van der Waals surface area (Å²) in [6, 6.07) is 2.42. The molecule has 4 aliphatic rings. The fraction of sp³-hybridized carbons (Fsp3) is 0.632. The predicted octanol–water partition coefficient (Wildman–Crippen LogP) is 1.36. The van der Waals surface area contributed by atoms with Crippen molar-refractivity contribution in [2.24, 2.45) is 17.8 Å². The SMILES string of the molecule is O=C(COC(=O)CNS(=O)(=O)c1cccs1)NC(=O)NC12CC3CC(CC(C3)C1)C2. The lowest BCUT2D eigenvalue weighted by molar-refractivity contribution is -0.147. The third-order valence-electron chi connectivity index (χ3n) is 6.20. The smallest absolute Gasteiger partial charge is 0.321 e. The number of amides is 3. The van der Waals surface area contributed by atoms with Gasteiger partial charge in [0.1, 0.15) is 10.8 Å². The average molecular weight is 456 g/mol. The van der Waals surface area contributed by atoms with Gasteiger partial charge in [-0.15, -0.1) is 11.3 Å². The van der Waals surface area contributed by atoms with Crippen LogP contribution in [0.25, 0.3) is 0 Å². The van der Waals surface area contributed by atoms with Crippen LogP contribution in [0.5, 0.6) is 0 Å². The van der Waals surface area contributed by atoms with Gasteiger partial charge in [-0.2, -0.15) is 4.72 Å². The number of ether oxygens (including phenoxy) is 1. The van der Waals surface area contributed by atoms with Gasteiger partial charge in [0, 0.05) is 5.54 Å². The standard InChI is InChI=1S/C19H25N3O6S2/c23-15(11-28-16(24)10-20-30(26,27)17-2-1-3-29-17)21-18(25)22-19-7-12-4-13(8-19)6-14(5-12)9-19/h1-3,12-14,20H,4-11H2,(H2,21,22,23,25). The highest BCUT2D eigenvalue weighted by Gasteiger charge is 2.51. The summed E-state index contributed by atoms with van der Waals surface area (Å²) >= 11 is 1.02. The molecule has 3 amide bonds. The maximum atomic E-state index is 12.3. The minimum atomic E-state index is -3.79. The Morgan fingerprint density at radius 3 is 2.30 bits per heavy atom. The molecule has 0 radical (unpaired) electrons. The van der Waals surface area contributed by atoms with E-state index in [1.165, 1.54) is 25.3 Å². The number of imide groups is 1. The zero-order valence-corrected chi connectivity index (χ0v) is 18.0. The van der Waals surface area contributed by atoms with Crippen LogP contribution >= 0.6 is 11.3 Å². The lowest BCUT2D eigenvalue weighted by Crippen LogP contribution is -2.62. The van der Waals surface area contributed by atoms with E-state index in [9.17, 15) is 22.8 Å². The molecule has 4 saturated carbocycles. The quantitative estimate of drug-likeness (QED) is 0.532. The minimum absolute atomic E-state index is 0.0781. The van der Waals surface area contributed by atoms with Crippen LogP contribution in [0, 0.1) is 17.8 Å². The summed E-state index contributed by atoms with van der Waals surface area (Å²) in [6.07, 6.45) is 6.61. The molecule has 30 heavy (non-hydrogen) atoms. The molecule has 0 unspecified atom stereocenters. The summed E-state index contributed by atoms with van der Waals surface area (Å²) < 4.78 is 30.8. The average Bonchev–Trinajstić information content (AvgIpc) is 3.19. The maximum absolute atomic E-state index is 12.3. The largest absolute Gasteiger partial charge is 0.455 e. The van der Waals surface area contributed by atoms with Gasteiger partial charge < -0.3 is 10.1 Å². The van der Waals surface area contributed by atoms with Gasteiger partial charge in [-0.25, -0.2) is 13.2 Å². The summed E-state index contributed by atoms with van der Waals surface area (Å²) in [7, 11) is -3.79. The molecule has 4 aliphatic carbocycles. The molecular weight excluding hydrogens is 430 g/mol. The van der Waals surface area contributed by atoms with E-state index in [2.05, 4.69) is 15.4 Å². The Balaban J connectivity index is 1.18. The second kappa shape index (κ2) is 8.27. The molecular formula is C19H25N3O6S2. The van der Waals surface area contributed by atoms with E-state index in [1.807, 2.05) is 0 Å². The summed E-state index contributed by atoms with van der Waals surface area (Å²) in [5.41, 5.74) is -0.226. The van der Waals surface area contributed by atoms with E-state index in [0.717, 1.165) is 30.6 Å². The normalized spacial score (nSPS) is 29.4. The molecule has 4 bridgehead atoms. The highest BCUT2D eigenvalue weighted by Crippen LogP contribution is 2.55. The third kappa shape index (κ3) is 4.84. The van der Waals surface area contributed by atoms with E-state index in [0.29, 0.717) is 17.8 Å². The Kier molecular flexibility index (Phi) is 5.86. The van der Waals surface area contributed by atoms with Crippen LogP contribution in [0.4, 0.5) is 4.79 Å². The minimum Gasteiger partial charge on any atom is -0.455 e. The molecule has 0 atom stereocenters. The van der Waals surface area contributed by atoms with E-state index in [1.54, 1.807) is 11.4 Å². The van der Waals surface area contributed by atoms with E-state index < -0.39 is 41.1 Å². The third-order valence-corrected chi connectivity index (χ3v) is 9.00. The van der Waals surface area contributed by atoms with Crippen molar-refractivity contribution in [3.63, 3.8) is 0 Å². The Morgan fingerprint density at radius 1 is 1.10 bits per heavy atom. The van der Waals surface area contributed by atoms with Gasteiger partial charge >= 0.3 is 12.0 Å². The predicted molar refractivity (Wildman–Crippen MR) is 108 cm³/mol. The van der Waals surface area contributed by atoms with Crippen LogP contribution in [-0.4, -0.2) is 45.0 Å². The Labute approximate surface area is 179 Å². The molecule has 0 spiro atoms. The first-order valence-corrected chi connectivity index (χ1v) is 12.4. The van der Waals surface area contributed by atoms with Crippen LogP contribution in [0.2, 0.25) is 0 Å². The molecule has 0 saturated heterocycles. The monoisotopic (exact) mass is 455 g/mol. The summed E-state index contributed by atoms with van der Waals surface area (Å²) in [5.74, 6) is 0.307. The molecule has 0 aromatic carbocycles. The lowest BCUT2D eigenvalue weighted by atomic mass is 9.53. The first kappa shape index (κ1) is 21.3. The zero-order chi connectivity index (χ0) is 21.4. The topological polar surface area (TPSA) is 131 Å². The van der Waals surface area contributed by atoms with Crippen molar-refractivity contribution in [1.29, 1.82) is 0 Å². The highest BCUT2D eigenvalue weighted by atomic mass is 32.2. The van der Waals surface area contributed by atoms with Crippen molar-refractivity contribution in [2.45, 2.75) is 48.3 Å². The Morgan fingerprint density at radius 2 is 1.73 bits per heavy atom. The van der Waals surface area contributed by atoms with Gasteiger partial charge in [-0.3, -0.25) is 14.9 Å². The number of nitrogens with one attached hydrogen (secondary N) is 3. The number of sulfonamides is 1. The van der Waals surface area contributed by atoms with Gasteiger partial charge in [0.15, 0.2) is 6.61 Å². The van der Waals surface area contributed by atoms with Gasteiger partial charge in [0.25, 0.3) is 15.9 Å². The molecule has 0 aliphatic heterocycles. The molecule has 3 N–H and O–H groups in total. The van der Waals surface area contributed by atoms with Crippen molar-refractivity contribution < 1.29 is 27.5 Å². The van der Waals surface area contributed by atoms with Crippen molar-refractivity contribution >= 4 is 39.3 Å². The summed E-state index contributed by atoms with van der Waals surface area (Å²) in [6.45, 7) is -1.26. The van der Waals surface area contributed by atoms with Crippen LogP contribution in [0.1, 0.15) is 38.5 Å². The molecule has 1 aromatic rings. The van der Waals surface area contributed by atoms with Crippen molar-refractivity contribution in [3.05, 3.63) is 17.5 Å². The second-order valence-corrected chi connectivity index (χ2v) is 11.6. The van der Waals surface area contributed by atoms with Crippen LogP contribution in [0.15, 0.2) is 21.7 Å². The fourth-order valence-corrected chi connectivity index (χ4v) is 7.54. The van der Waals surface area contributed by atoms with Gasteiger partial charge in [-0.05, 0) is 67.7 Å². The fourth-order valence-electron chi connectivity index (χ4n) is 5.54. The number of thiophene rings is 1. The lowest BCUT2D eigenvalue weighted by Gasteiger charge is -2.56. The molecule has 4 fully saturated rings. The van der Waals surface area contributed by atoms with Crippen molar-refractivity contribution in [1.82, 2.24) is 15.4 Å². The van der Waals surface area contributed by atoms with Crippen molar-refractivity contribution in [2.75, 3.05) is 13.2 Å². The molecule has 9 nitrogen and oxygen atoms in total. The van der Waals surface area contributed by atoms with Crippen LogP contribution < -0.4 is 15.4 Å². The molecule has 5 rings (SSSR count). The van der Waals surface area contributed by atoms with E-state index >= 15 is 0 Å². The van der Waals surface area contributed by atoms with Crippen LogP contribution in [0.3, 0.4) is 0 Å². The van der Waals surface area contributed by atoms with Gasteiger partial charge in [0.05, 0.1) is 0 Å². The summed E-state index contributed by atoms with van der Waals surface area (Å²) in [4.78, 5) is 36.0. The zero-order valence-electron chi connectivity index (χ0n) is 16.4. The van der Waals surface area contributed by atoms with Gasteiger partial charge in [0.2, 0.25) is 0 Å². The number of carbonyl (C=O) groups excluding carboxylic acids is 3. The number of carbonyl (C=O) groups is 3. The molecule has 1 heterocycles. The van der Waals surface area contributed by atoms with E-state index in [-0.39, 0.29) is 9.75 Å². The number of hydrogen-bond donors (Lipinski definition) is 3. The first-order valence-electron chi connectivity index (χ1n) is 10.0. The number of esters is 1. The maximum Gasteiger partial charge on any atom is 0.321 e. The summed E-state index contributed by atoms with van der Waals surface area (Å²) in [5, 5.41) is 6.81. The van der Waals surface area contributed by atoms with Crippen molar-refractivity contribution in [3.8, 4) is 0 Å². The van der Waals surface area contributed by atoms with Gasteiger partial charge in [-0.1, -0.05) is 6.07 Å². The molecule has 164 valence electrons. The van der Waals surface area contributed by atoms with Crippen LogP contribution in [-0.2, 0) is 24.3 Å². The molecule has 1 aromatic heterocycles. The number of urea groups is 1. The first-order chi connectivity index (χ1) is 14.2. The Bertz CT molecular complexity index is 893.